The van der Waals surface area contributed by atoms with E-state index in [4.69, 9.17) is 4.74 Å². The van der Waals surface area contributed by atoms with Crippen molar-refractivity contribution in [3.05, 3.63) is 28.8 Å². The molecule has 0 aliphatic carbocycles. The van der Waals surface area contributed by atoms with Crippen molar-refractivity contribution in [3.8, 4) is 5.75 Å². The minimum atomic E-state index is -0.365. The van der Waals surface area contributed by atoms with Gasteiger partial charge in [-0.3, -0.25) is 4.90 Å². The molecule has 2 rings (SSSR count). The van der Waals surface area contributed by atoms with Gasteiger partial charge in [-0.05, 0) is 44.4 Å². The van der Waals surface area contributed by atoms with E-state index in [1.165, 1.54) is 12.7 Å². The summed E-state index contributed by atoms with van der Waals surface area (Å²) in [6.07, 6.45) is 0. The average Bonchev–Trinajstić information content (AvgIpc) is 2.45. The third-order valence-electron chi connectivity index (χ3n) is 4.14. The average molecular weight is 320 g/mol. The second-order valence-electron chi connectivity index (χ2n) is 6.94. The number of rotatable bonds is 5. The second-order valence-corrected chi connectivity index (χ2v) is 6.94. The molecule has 23 heavy (non-hydrogen) atoms. The lowest BCUT2D eigenvalue weighted by Gasteiger charge is -2.39. The Hall–Kier alpha value is -1.59. The first-order valence-corrected chi connectivity index (χ1v) is 8.08. The van der Waals surface area contributed by atoms with E-state index in [0.29, 0.717) is 0 Å². The van der Waals surface area contributed by atoms with Crippen molar-refractivity contribution in [1.29, 1.82) is 0 Å². The van der Waals surface area contributed by atoms with Crippen molar-refractivity contribution in [2.45, 2.75) is 39.8 Å². The molecule has 1 aromatic carbocycles. The van der Waals surface area contributed by atoms with Gasteiger partial charge >= 0.3 is 5.97 Å². The molecule has 0 atom stereocenters. The molecule has 0 amide bonds. The van der Waals surface area contributed by atoms with Gasteiger partial charge < -0.3 is 14.8 Å². The minimum absolute atomic E-state index is 0.0521. The molecular weight excluding hydrogens is 292 g/mol. The monoisotopic (exact) mass is 320 g/mol. The van der Waals surface area contributed by atoms with E-state index < -0.39 is 0 Å². The first kappa shape index (κ1) is 17.8. The first-order chi connectivity index (χ1) is 10.8. The summed E-state index contributed by atoms with van der Waals surface area (Å²) in [5, 5.41) is 3.53. The minimum Gasteiger partial charge on any atom is -0.481 e. The van der Waals surface area contributed by atoms with Gasteiger partial charge in [-0.1, -0.05) is 12.1 Å². The SMILES string of the molecule is COC(=O)COc1c(C)cc(CN2CCNC(C)(C)C2)cc1C. The normalized spacial score (nSPS) is 17.8. The summed E-state index contributed by atoms with van der Waals surface area (Å²) in [6, 6.07) is 4.29. The summed E-state index contributed by atoms with van der Waals surface area (Å²) >= 11 is 0. The maximum atomic E-state index is 11.2. The molecule has 128 valence electrons. The van der Waals surface area contributed by atoms with Gasteiger partial charge in [0.05, 0.1) is 7.11 Å². The maximum absolute atomic E-state index is 11.2. The van der Waals surface area contributed by atoms with E-state index in [-0.39, 0.29) is 18.1 Å². The molecule has 1 saturated heterocycles. The zero-order chi connectivity index (χ0) is 17.0. The Morgan fingerprint density at radius 2 is 1.96 bits per heavy atom. The van der Waals surface area contributed by atoms with Crippen molar-refractivity contribution >= 4 is 5.97 Å². The van der Waals surface area contributed by atoms with Crippen LogP contribution in [-0.2, 0) is 16.1 Å². The van der Waals surface area contributed by atoms with Crippen LogP contribution in [0.1, 0.15) is 30.5 Å². The zero-order valence-corrected chi connectivity index (χ0v) is 14.9. The van der Waals surface area contributed by atoms with Gasteiger partial charge in [-0.25, -0.2) is 4.79 Å². The van der Waals surface area contributed by atoms with Crippen LogP contribution in [0.25, 0.3) is 0 Å². The Labute approximate surface area is 139 Å². The fourth-order valence-electron chi connectivity index (χ4n) is 3.19. The summed E-state index contributed by atoms with van der Waals surface area (Å²) in [5.74, 6) is 0.413. The predicted molar refractivity (Wildman–Crippen MR) is 90.8 cm³/mol. The maximum Gasteiger partial charge on any atom is 0.343 e. The van der Waals surface area contributed by atoms with Gasteiger partial charge in [0.2, 0.25) is 0 Å². The molecule has 0 saturated carbocycles. The summed E-state index contributed by atoms with van der Waals surface area (Å²) in [7, 11) is 1.36. The number of nitrogens with zero attached hydrogens (tertiary/aromatic N) is 1. The van der Waals surface area contributed by atoms with E-state index >= 15 is 0 Å². The van der Waals surface area contributed by atoms with Crippen LogP contribution in [0.15, 0.2) is 12.1 Å². The molecule has 0 radical (unpaired) electrons. The highest BCUT2D eigenvalue weighted by Crippen LogP contribution is 2.26. The third-order valence-corrected chi connectivity index (χ3v) is 4.14. The van der Waals surface area contributed by atoms with E-state index in [0.717, 1.165) is 43.1 Å². The highest BCUT2D eigenvalue weighted by molar-refractivity contribution is 5.71. The predicted octanol–water partition coefficient (Wildman–Crippen LogP) is 2.04. The Morgan fingerprint density at radius 1 is 1.30 bits per heavy atom. The zero-order valence-electron chi connectivity index (χ0n) is 14.9. The van der Waals surface area contributed by atoms with Crippen molar-refractivity contribution in [2.24, 2.45) is 0 Å². The highest BCUT2D eigenvalue weighted by atomic mass is 16.6. The Bertz CT molecular complexity index is 546. The number of hydrogen-bond donors (Lipinski definition) is 1. The number of carbonyl (C=O) groups is 1. The van der Waals surface area contributed by atoms with Crippen LogP contribution in [0, 0.1) is 13.8 Å². The molecule has 5 heteroatoms. The molecule has 0 unspecified atom stereocenters. The topological polar surface area (TPSA) is 50.8 Å². The fraction of sp³-hybridized carbons (Fsp3) is 0.611. The number of nitrogens with one attached hydrogen (secondary N) is 1. The molecule has 0 aromatic heterocycles. The van der Waals surface area contributed by atoms with E-state index in [2.05, 4.69) is 40.9 Å². The molecule has 1 aliphatic rings. The van der Waals surface area contributed by atoms with Crippen LogP contribution in [0.3, 0.4) is 0 Å². The molecule has 5 nitrogen and oxygen atoms in total. The van der Waals surface area contributed by atoms with Crippen molar-refractivity contribution in [1.82, 2.24) is 10.2 Å². The van der Waals surface area contributed by atoms with E-state index in [1.54, 1.807) is 0 Å². The van der Waals surface area contributed by atoms with Crippen LogP contribution in [0.2, 0.25) is 0 Å². The van der Waals surface area contributed by atoms with Gasteiger partial charge in [-0.15, -0.1) is 0 Å². The standard InChI is InChI=1S/C18H28N2O3/c1-13-8-15(10-20-7-6-19-18(3,4)12-20)9-14(2)17(13)23-11-16(21)22-5/h8-9,19H,6-7,10-12H2,1-5H3. The number of methoxy groups -OCH3 is 1. The first-order valence-electron chi connectivity index (χ1n) is 8.08. The van der Waals surface area contributed by atoms with Crippen molar-refractivity contribution in [3.63, 3.8) is 0 Å². The number of aryl methyl sites for hydroxylation is 2. The largest absolute Gasteiger partial charge is 0.481 e. The van der Waals surface area contributed by atoms with Crippen molar-refractivity contribution < 1.29 is 14.3 Å². The number of benzene rings is 1. The number of piperazine rings is 1. The highest BCUT2D eigenvalue weighted by Gasteiger charge is 2.25. The van der Waals surface area contributed by atoms with Gasteiger partial charge in [0.15, 0.2) is 6.61 Å². The second kappa shape index (κ2) is 7.32. The molecule has 1 fully saturated rings. The molecule has 0 spiro atoms. The Kier molecular flexibility index (Phi) is 5.65. The van der Waals surface area contributed by atoms with Gasteiger partial charge in [0.25, 0.3) is 0 Å². The lowest BCUT2D eigenvalue weighted by Crippen LogP contribution is -2.56. The van der Waals surface area contributed by atoms with Crippen LogP contribution in [-0.4, -0.2) is 49.8 Å². The Morgan fingerprint density at radius 3 is 2.52 bits per heavy atom. The summed E-state index contributed by atoms with van der Waals surface area (Å²) in [4.78, 5) is 13.7. The summed E-state index contributed by atoms with van der Waals surface area (Å²) in [6.45, 7) is 12.5. The lowest BCUT2D eigenvalue weighted by molar-refractivity contribution is -0.142. The van der Waals surface area contributed by atoms with Crippen LogP contribution < -0.4 is 10.1 Å². The van der Waals surface area contributed by atoms with E-state index in [1.807, 2.05) is 13.8 Å². The van der Waals surface area contributed by atoms with Gasteiger partial charge in [-0.2, -0.15) is 0 Å². The molecule has 1 N–H and O–H groups in total. The smallest absolute Gasteiger partial charge is 0.343 e. The number of ether oxygens (including phenoxy) is 2. The lowest BCUT2D eigenvalue weighted by atomic mass is 10.0. The molecule has 1 heterocycles. The quantitative estimate of drug-likeness (QED) is 0.842. The third kappa shape index (κ3) is 4.94. The summed E-state index contributed by atoms with van der Waals surface area (Å²) < 4.78 is 10.2. The fourth-order valence-corrected chi connectivity index (χ4v) is 3.19. The van der Waals surface area contributed by atoms with Crippen LogP contribution >= 0.6 is 0 Å². The number of esters is 1. The van der Waals surface area contributed by atoms with Crippen molar-refractivity contribution in [2.75, 3.05) is 33.4 Å². The number of carbonyl (C=O) groups excluding carboxylic acids is 1. The molecule has 0 bridgehead atoms. The summed E-state index contributed by atoms with van der Waals surface area (Å²) in [5.41, 5.74) is 3.55. The molecule has 1 aromatic rings. The van der Waals surface area contributed by atoms with Gasteiger partial charge in [0.1, 0.15) is 5.75 Å². The number of hydrogen-bond acceptors (Lipinski definition) is 5. The van der Waals surface area contributed by atoms with E-state index in [9.17, 15) is 4.79 Å². The molecular formula is C18H28N2O3. The Balaban J connectivity index is 2.05. The van der Waals surface area contributed by atoms with Gasteiger partial charge in [0, 0.05) is 31.7 Å². The molecule has 1 aliphatic heterocycles. The van der Waals surface area contributed by atoms with Crippen LogP contribution in [0.5, 0.6) is 5.75 Å². The van der Waals surface area contributed by atoms with Crippen LogP contribution in [0.4, 0.5) is 0 Å².